The van der Waals surface area contributed by atoms with Gasteiger partial charge in [0.05, 0.1) is 11.4 Å². The largest absolute Gasteiger partial charge is 0.398 e. The van der Waals surface area contributed by atoms with Crippen molar-refractivity contribution in [3.05, 3.63) is 29.7 Å². The first-order valence-corrected chi connectivity index (χ1v) is 7.64. The summed E-state index contributed by atoms with van der Waals surface area (Å²) < 4.78 is 2.18. The van der Waals surface area contributed by atoms with E-state index in [9.17, 15) is 0 Å². The number of rotatable bonds is 3. The molecule has 0 radical (unpaired) electrons. The molecule has 0 unspecified atom stereocenters. The van der Waals surface area contributed by atoms with Crippen LogP contribution in [-0.2, 0) is 6.54 Å². The number of nitrogens with two attached hydrogens (primary N) is 1. The molecule has 3 heterocycles. The van der Waals surface area contributed by atoms with Crippen molar-refractivity contribution < 1.29 is 0 Å². The van der Waals surface area contributed by atoms with Gasteiger partial charge in [-0.15, -0.1) is 0 Å². The van der Waals surface area contributed by atoms with Gasteiger partial charge >= 0.3 is 0 Å². The number of pyridine rings is 1. The lowest BCUT2D eigenvalue weighted by Crippen LogP contribution is -2.30. The lowest BCUT2D eigenvalue weighted by Gasteiger charge is -2.26. The lowest BCUT2D eigenvalue weighted by atomic mass is 10.1. The molecule has 2 aromatic heterocycles. The first-order chi connectivity index (χ1) is 9.65. The predicted molar refractivity (Wildman–Crippen MR) is 82.8 cm³/mol. The van der Waals surface area contributed by atoms with Crippen LogP contribution in [0.4, 0.5) is 5.69 Å². The summed E-state index contributed by atoms with van der Waals surface area (Å²) in [7, 11) is 0. The van der Waals surface area contributed by atoms with Gasteiger partial charge in [-0.25, -0.2) is 4.98 Å². The first kappa shape index (κ1) is 13.4. The zero-order valence-corrected chi connectivity index (χ0v) is 12.5. The quantitative estimate of drug-likeness (QED) is 0.934. The van der Waals surface area contributed by atoms with Crippen molar-refractivity contribution in [3.63, 3.8) is 0 Å². The minimum atomic E-state index is 0.441. The van der Waals surface area contributed by atoms with Crippen molar-refractivity contribution in [2.45, 2.75) is 45.6 Å². The Morgan fingerprint density at radius 3 is 2.65 bits per heavy atom. The summed E-state index contributed by atoms with van der Waals surface area (Å²) in [5, 5.41) is 0. The molecule has 0 aliphatic carbocycles. The van der Waals surface area contributed by atoms with E-state index < -0.39 is 0 Å². The molecular weight excluding hydrogens is 248 g/mol. The summed E-state index contributed by atoms with van der Waals surface area (Å²) in [4.78, 5) is 7.34. The van der Waals surface area contributed by atoms with Gasteiger partial charge in [0.1, 0.15) is 5.65 Å². The number of aromatic nitrogens is 2. The summed E-state index contributed by atoms with van der Waals surface area (Å²) >= 11 is 0. The lowest BCUT2D eigenvalue weighted by molar-refractivity contribution is 0.217. The van der Waals surface area contributed by atoms with E-state index in [0.717, 1.165) is 17.9 Å². The third kappa shape index (κ3) is 2.52. The van der Waals surface area contributed by atoms with Gasteiger partial charge in [0.15, 0.2) is 0 Å². The highest BCUT2D eigenvalue weighted by Gasteiger charge is 2.19. The van der Waals surface area contributed by atoms with Gasteiger partial charge in [0.25, 0.3) is 0 Å². The highest BCUT2D eigenvalue weighted by atomic mass is 15.2. The van der Waals surface area contributed by atoms with Gasteiger partial charge in [-0.2, -0.15) is 0 Å². The molecule has 0 amide bonds. The van der Waals surface area contributed by atoms with Crippen LogP contribution in [0.3, 0.4) is 0 Å². The molecule has 0 atom stereocenters. The van der Waals surface area contributed by atoms with E-state index in [0.29, 0.717) is 5.92 Å². The normalized spacial score (nSPS) is 17.1. The molecule has 0 aromatic carbocycles. The molecular formula is C16H24N4. The van der Waals surface area contributed by atoms with Crippen molar-refractivity contribution in [1.82, 2.24) is 14.3 Å². The first-order valence-electron chi connectivity index (χ1n) is 7.64. The monoisotopic (exact) mass is 272 g/mol. The molecule has 4 heteroatoms. The molecule has 1 aliphatic rings. The van der Waals surface area contributed by atoms with Crippen molar-refractivity contribution in [1.29, 1.82) is 0 Å². The Balaban J connectivity index is 2.01. The Morgan fingerprint density at radius 2 is 1.95 bits per heavy atom. The Morgan fingerprint density at radius 1 is 1.20 bits per heavy atom. The zero-order valence-electron chi connectivity index (χ0n) is 12.5. The van der Waals surface area contributed by atoms with Crippen LogP contribution in [0.2, 0.25) is 0 Å². The van der Waals surface area contributed by atoms with E-state index >= 15 is 0 Å². The van der Waals surface area contributed by atoms with E-state index in [4.69, 9.17) is 10.7 Å². The maximum absolute atomic E-state index is 5.95. The molecule has 3 rings (SSSR count). The van der Waals surface area contributed by atoms with Crippen LogP contribution in [0.1, 0.15) is 50.4 Å². The summed E-state index contributed by atoms with van der Waals surface area (Å²) in [5.74, 6) is 0.441. The van der Waals surface area contributed by atoms with Gasteiger partial charge in [0.2, 0.25) is 0 Å². The molecule has 0 spiro atoms. The SMILES string of the molecule is CC(C)c1nc2ccc(N)cn2c1CN1CCCCC1. The average molecular weight is 272 g/mol. The smallest absolute Gasteiger partial charge is 0.137 e. The van der Waals surface area contributed by atoms with Crippen LogP contribution < -0.4 is 5.73 Å². The maximum Gasteiger partial charge on any atom is 0.137 e. The molecule has 2 aromatic rings. The van der Waals surface area contributed by atoms with Crippen molar-refractivity contribution >= 4 is 11.3 Å². The van der Waals surface area contributed by atoms with Crippen LogP contribution >= 0.6 is 0 Å². The molecule has 20 heavy (non-hydrogen) atoms. The van der Waals surface area contributed by atoms with E-state index in [1.165, 1.54) is 43.7 Å². The van der Waals surface area contributed by atoms with E-state index in [1.54, 1.807) is 0 Å². The Labute approximate surface area is 120 Å². The summed E-state index contributed by atoms with van der Waals surface area (Å²) in [6, 6.07) is 3.94. The second kappa shape index (κ2) is 5.44. The highest BCUT2D eigenvalue weighted by molar-refractivity contribution is 5.50. The number of piperidine rings is 1. The van der Waals surface area contributed by atoms with Gasteiger partial charge in [-0.05, 0) is 44.0 Å². The van der Waals surface area contributed by atoms with Crippen LogP contribution in [-0.4, -0.2) is 27.4 Å². The van der Waals surface area contributed by atoms with Crippen LogP contribution in [0.25, 0.3) is 5.65 Å². The minimum absolute atomic E-state index is 0.441. The molecule has 2 N–H and O–H groups in total. The Kier molecular flexibility index (Phi) is 3.66. The molecule has 1 aliphatic heterocycles. The van der Waals surface area contributed by atoms with Gasteiger partial charge in [-0.1, -0.05) is 20.3 Å². The Hall–Kier alpha value is -1.55. The minimum Gasteiger partial charge on any atom is -0.398 e. The number of anilines is 1. The number of fused-ring (bicyclic) bond motifs is 1. The van der Waals surface area contributed by atoms with Gasteiger partial charge in [-0.3, -0.25) is 4.90 Å². The zero-order chi connectivity index (χ0) is 14.1. The fourth-order valence-electron chi connectivity index (χ4n) is 3.08. The summed E-state index contributed by atoms with van der Waals surface area (Å²) in [6.07, 6.45) is 6.01. The van der Waals surface area contributed by atoms with Crippen molar-refractivity contribution in [3.8, 4) is 0 Å². The van der Waals surface area contributed by atoms with Gasteiger partial charge < -0.3 is 10.1 Å². The number of nitrogen functional groups attached to an aromatic ring is 1. The third-order valence-corrected chi connectivity index (χ3v) is 4.14. The van der Waals surface area contributed by atoms with Crippen molar-refractivity contribution in [2.75, 3.05) is 18.8 Å². The van der Waals surface area contributed by atoms with Gasteiger partial charge in [0, 0.05) is 18.4 Å². The third-order valence-electron chi connectivity index (χ3n) is 4.14. The number of hydrogen-bond donors (Lipinski definition) is 1. The van der Waals surface area contributed by atoms with E-state index in [2.05, 4.69) is 23.1 Å². The molecule has 0 bridgehead atoms. The van der Waals surface area contributed by atoms with E-state index in [1.807, 2.05) is 18.3 Å². The second-order valence-corrected chi connectivity index (χ2v) is 6.13. The molecule has 1 saturated heterocycles. The predicted octanol–water partition coefficient (Wildman–Crippen LogP) is 3.03. The molecule has 108 valence electrons. The highest BCUT2D eigenvalue weighted by Crippen LogP contribution is 2.24. The molecule has 4 nitrogen and oxygen atoms in total. The summed E-state index contributed by atoms with van der Waals surface area (Å²) in [5.41, 5.74) is 10.3. The fourth-order valence-corrected chi connectivity index (χ4v) is 3.08. The van der Waals surface area contributed by atoms with Crippen molar-refractivity contribution in [2.24, 2.45) is 0 Å². The summed E-state index contributed by atoms with van der Waals surface area (Å²) in [6.45, 7) is 7.81. The fraction of sp³-hybridized carbons (Fsp3) is 0.562. The topological polar surface area (TPSA) is 46.6 Å². The maximum atomic E-state index is 5.95. The number of likely N-dealkylation sites (tertiary alicyclic amines) is 1. The van der Waals surface area contributed by atoms with E-state index in [-0.39, 0.29) is 0 Å². The molecule has 0 saturated carbocycles. The standard InChI is InChI=1S/C16H24N4/c1-12(2)16-14(11-19-8-4-3-5-9-19)20-10-13(17)6-7-15(20)18-16/h6-7,10,12H,3-5,8-9,11,17H2,1-2H3. The van der Waals surface area contributed by atoms with Crippen LogP contribution in [0, 0.1) is 0 Å². The number of hydrogen-bond acceptors (Lipinski definition) is 3. The molecule has 1 fully saturated rings. The Bertz CT molecular complexity index is 594. The van der Waals surface area contributed by atoms with Crippen LogP contribution in [0.15, 0.2) is 18.3 Å². The average Bonchev–Trinajstić information content (AvgIpc) is 2.78. The second-order valence-electron chi connectivity index (χ2n) is 6.13. The number of nitrogens with zero attached hydrogens (tertiary/aromatic N) is 3. The number of imidazole rings is 1. The van der Waals surface area contributed by atoms with Crippen LogP contribution in [0.5, 0.6) is 0 Å².